The van der Waals surface area contributed by atoms with Gasteiger partial charge in [0, 0.05) is 9.82 Å². The summed E-state index contributed by atoms with van der Waals surface area (Å²) in [5.41, 5.74) is 15.2. The highest BCUT2D eigenvalue weighted by molar-refractivity contribution is 5.90. The molecule has 8 nitrogen and oxygen atoms in total. The number of rotatable bonds is 4. The molecular weight excluding hydrogens is 290 g/mol. The number of carbonyl (C=O) groups excluding carboxylic acids is 2. The zero-order valence-electron chi connectivity index (χ0n) is 8.27. The molecule has 0 rings (SSSR count). The van der Waals surface area contributed by atoms with E-state index in [9.17, 15) is 35.9 Å². The number of hydrogen-bond donors (Lipinski definition) is 0. The van der Waals surface area contributed by atoms with E-state index in [4.69, 9.17) is 11.1 Å². The fourth-order valence-corrected chi connectivity index (χ4v) is 0.673. The molecular formula is C5F6N6O2. The van der Waals surface area contributed by atoms with Crippen molar-refractivity contribution in [2.75, 3.05) is 0 Å². The number of azide groups is 2. The van der Waals surface area contributed by atoms with Gasteiger partial charge in [0.05, 0.1) is 0 Å². The van der Waals surface area contributed by atoms with Crippen LogP contribution in [0.25, 0.3) is 20.9 Å². The summed E-state index contributed by atoms with van der Waals surface area (Å²) in [6, 6.07) is 0. The largest absolute Gasteiger partial charge is 0.387 e. The lowest BCUT2D eigenvalue weighted by atomic mass is 10.0. The number of carbonyl (C=O) groups is 2. The lowest BCUT2D eigenvalue weighted by Gasteiger charge is -2.28. The Morgan fingerprint density at radius 3 is 1.26 bits per heavy atom. The second-order valence-electron chi connectivity index (χ2n) is 2.71. The van der Waals surface area contributed by atoms with Crippen LogP contribution in [-0.2, 0) is 9.59 Å². The van der Waals surface area contributed by atoms with Gasteiger partial charge in [-0.1, -0.05) is 0 Å². The zero-order chi connectivity index (χ0) is 15.5. The smallest absolute Gasteiger partial charge is 0.285 e. The van der Waals surface area contributed by atoms with Gasteiger partial charge >= 0.3 is 17.8 Å². The third kappa shape index (κ3) is 2.53. The molecule has 0 aliphatic heterocycles. The monoisotopic (exact) mass is 290 g/mol. The summed E-state index contributed by atoms with van der Waals surface area (Å²) in [6.07, 6.45) is 0. The van der Waals surface area contributed by atoms with Crippen LogP contribution in [0.2, 0.25) is 0 Å². The molecule has 0 spiro atoms. The number of hydrogen-bond acceptors (Lipinski definition) is 2. The van der Waals surface area contributed by atoms with E-state index in [1.54, 1.807) is 10.2 Å². The second kappa shape index (κ2) is 5.04. The molecule has 0 aliphatic rings. The van der Waals surface area contributed by atoms with Crippen LogP contribution in [0.15, 0.2) is 10.2 Å². The highest BCUT2D eigenvalue weighted by atomic mass is 19.3. The summed E-state index contributed by atoms with van der Waals surface area (Å²) in [6.45, 7) is 0. The summed E-state index contributed by atoms with van der Waals surface area (Å²) in [7, 11) is 0. The predicted molar refractivity (Wildman–Crippen MR) is 43.1 cm³/mol. The van der Waals surface area contributed by atoms with Gasteiger partial charge in [0.15, 0.2) is 0 Å². The van der Waals surface area contributed by atoms with Gasteiger partial charge in [-0.2, -0.15) is 26.3 Å². The van der Waals surface area contributed by atoms with Crippen LogP contribution >= 0.6 is 0 Å². The van der Waals surface area contributed by atoms with Gasteiger partial charge in [0.2, 0.25) is 0 Å². The Labute approximate surface area is 97.8 Å². The first-order valence-electron chi connectivity index (χ1n) is 3.79. The van der Waals surface area contributed by atoms with Crippen LogP contribution < -0.4 is 0 Å². The van der Waals surface area contributed by atoms with E-state index in [1.165, 1.54) is 9.82 Å². The van der Waals surface area contributed by atoms with E-state index in [2.05, 4.69) is 0 Å². The van der Waals surface area contributed by atoms with Crippen molar-refractivity contribution in [2.45, 2.75) is 17.8 Å². The standard InChI is InChI=1S/C5F6N6O2/c6-3(7,1(18)14-16-12)5(10,11)4(8,9)2(19)15-17-13. The van der Waals surface area contributed by atoms with Crippen LogP contribution in [0.3, 0.4) is 0 Å². The lowest BCUT2D eigenvalue weighted by molar-refractivity contribution is -0.285. The molecule has 0 aromatic heterocycles. The van der Waals surface area contributed by atoms with Crippen LogP contribution in [0, 0.1) is 0 Å². The minimum absolute atomic E-state index is 1.43. The molecule has 0 aromatic rings. The third-order valence-corrected chi connectivity index (χ3v) is 1.60. The van der Waals surface area contributed by atoms with Crippen molar-refractivity contribution in [3.63, 3.8) is 0 Å². The summed E-state index contributed by atoms with van der Waals surface area (Å²) >= 11 is 0. The average Bonchev–Trinajstić information content (AvgIpc) is 2.28. The van der Waals surface area contributed by atoms with Crippen molar-refractivity contribution in [1.29, 1.82) is 0 Å². The Balaban J connectivity index is 5.83. The first-order valence-corrected chi connectivity index (χ1v) is 3.79. The quantitative estimate of drug-likeness (QED) is 0.340. The Bertz CT molecular complexity index is 460. The number of nitrogens with zero attached hydrogens (tertiary/aromatic N) is 6. The first kappa shape index (κ1) is 16.5. The lowest BCUT2D eigenvalue weighted by Crippen LogP contribution is -2.60. The SMILES string of the molecule is [N-]=[N+]=NC(=O)C(F)(F)C(F)(F)C(F)(F)C(=O)N=[N+]=[N-]. The molecule has 14 heteroatoms. The zero-order valence-corrected chi connectivity index (χ0v) is 8.27. The van der Waals surface area contributed by atoms with Gasteiger partial charge in [-0.15, -0.1) is 0 Å². The summed E-state index contributed by atoms with van der Waals surface area (Å²) in [4.78, 5) is 23.5. The fourth-order valence-electron chi connectivity index (χ4n) is 0.673. The summed E-state index contributed by atoms with van der Waals surface area (Å²) < 4.78 is 76.6. The topological polar surface area (TPSA) is 132 Å². The van der Waals surface area contributed by atoms with Gasteiger partial charge in [0.1, 0.15) is 0 Å². The maximum atomic E-state index is 12.8. The second-order valence-corrected chi connectivity index (χ2v) is 2.71. The Kier molecular flexibility index (Phi) is 4.38. The molecule has 0 unspecified atom stereocenters. The highest BCUT2D eigenvalue weighted by Gasteiger charge is 2.77. The molecule has 0 aromatic carbocycles. The molecule has 2 amide bonds. The molecule has 0 N–H and O–H groups in total. The van der Waals surface area contributed by atoms with Crippen LogP contribution in [0.4, 0.5) is 26.3 Å². The maximum absolute atomic E-state index is 12.8. The Morgan fingerprint density at radius 2 is 1.05 bits per heavy atom. The van der Waals surface area contributed by atoms with E-state index >= 15 is 0 Å². The number of halogens is 6. The molecule has 0 saturated heterocycles. The summed E-state index contributed by atoms with van der Waals surface area (Å²) in [5, 5.41) is 3.09. The first-order chi connectivity index (χ1) is 8.46. The van der Waals surface area contributed by atoms with E-state index in [1.807, 2.05) is 0 Å². The Hall–Kier alpha value is -2.46. The molecule has 19 heavy (non-hydrogen) atoms. The number of amides is 2. The van der Waals surface area contributed by atoms with Gasteiger partial charge in [-0.3, -0.25) is 9.59 Å². The van der Waals surface area contributed by atoms with Crippen molar-refractivity contribution in [3.8, 4) is 0 Å². The summed E-state index contributed by atoms with van der Waals surface area (Å²) in [5.74, 6) is -25.4. The molecule has 0 atom stereocenters. The Morgan fingerprint density at radius 1 is 0.789 bits per heavy atom. The van der Waals surface area contributed by atoms with Crippen LogP contribution in [-0.4, -0.2) is 29.6 Å². The minimum atomic E-state index is -6.56. The van der Waals surface area contributed by atoms with Gasteiger partial charge in [0.25, 0.3) is 11.8 Å². The van der Waals surface area contributed by atoms with Gasteiger partial charge in [-0.05, 0) is 21.3 Å². The molecule has 0 saturated carbocycles. The van der Waals surface area contributed by atoms with Gasteiger partial charge in [-0.25, -0.2) is 0 Å². The molecule has 0 aliphatic carbocycles. The molecule has 0 fully saturated rings. The fraction of sp³-hybridized carbons (Fsp3) is 0.600. The normalized spacial score (nSPS) is 12.1. The van der Waals surface area contributed by atoms with E-state index in [-0.39, 0.29) is 0 Å². The highest BCUT2D eigenvalue weighted by Crippen LogP contribution is 2.47. The van der Waals surface area contributed by atoms with Crippen LogP contribution in [0.1, 0.15) is 0 Å². The van der Waals surface area contributed by atoms with Crippen molar-refractivity contribution in [1.82, 2.24) is 0 Å². The molecule has 104 valence electrons. The molecule has 0 bridgehead atoms. The third-order valence-electron chi connectivity index (χ3n) is 1.60. The average molecular weight is 290 g/mol. The molecule has 0 radical (unpaired) electrons. The van der Waals surface area contributed by atoms with Crippen molar-refractivity contribution in [3.05, 3.63) is 20.9 Å². The minimum Gasteiger partial charge on any atom is -0.285 e. The van der Waals surface area contributed by atoms with Gasteiger partial charge < -0.3 is 0 Å². The molecule has 0 heterocycles. The van der Waals surface area contributed by atoms with Crippen molar-refractivity contribution in [2.24, 2.45) is 10.2 Å². The van der Waals surface area contributed by atoms with E-state index < -0.39 is 29.6 Å². The maximum Gasteiger partial charge on any atom is 0.387 e. The van der Waals surface area contributed by atoms with E-state index in [0.29, 0.717) is 0 Å². The number of alkyl halides is 6. The van der Waals surface area contributed by atoms with Crippen molar-refractivity contribution < 1.29 is 35.9 Å². The van der Waals surface area contributed by atoms with Crippen molar-refractivity contribution >= 4 is 11.8 Å². The predicted octanol–water partition coefficient (Wildman–Crippen LogP) is 2.57. The van der Waals surface area contributed by atoms with E-state index in [0.717, 1.165) is 0 Å². The van der Waals surface area contributed by atoms with Crippen LogP contribution in [0.5, 0.6) is 0 Å².